The fourth-order valence-corrected chi connectivity index (χ4v) is 3.68. The van der Waals surface area contributed by atoms with Crippen LogP contribution in [0.2, 0.25) is 0 Å². The molecule has 1 aromatic heterocycles. The molecule has 74 valence electrons. The lowest BCUT2D eigenvalue weighted by Gasteiger charge is -2.25. The van der Waals surface area contributed by atoms with Gasteiger partial charge in [-0.25, -0.2) is 9.97 Å². The maximum absolute atomic E-state index is 5.89. The van der Waals surface area contributed by atoms with Crippen LogP contribution in [0, 0.1) is 0 Å². The molecule has 1 aromatic rings. The molecule has 0 amide bonds. The Labute approximate surface area is 86.7 Å². The predicted molar refractivity (Wildman–Crippen MR) is 56.3 cm³/mol. The van der Waals surface area contributed by atoms with Gasteiger partial charge in [-0.1, -0.05) is 0 Å². The normalized spacial score (nSPS) is 29.7. The van der Waals surface area contributed by atoms with Crippen LogP contribution in [0.25, 0.3) is 0 Å². The molecular formula is C9H12N4S. The number of aromatic nitrogens is 2. The van der Waals surface area contributed by atoms with Gasteiger partial charge in [0.15, 0.2) is 0 Å². The van der Waals surface area contributed by atoms with Crippen molar-refractivity contribution in [2.45, 2.75) is 22.6 Å². The van der Waals surface area contributed by atoms with Gasteiger partial charge in [0, 0.05) is 23.3 Å². The van der Waals surface area contributed by atoms with Gasteiger partial charge < -0.3 is 11.1 Å². The van der Waals surface area contributed by atoms with Gasteiger partial charge in [0.1, 0.15) is 17.2 Å². The minimum atomic E-state index is 0.567. The van der Waals surface area contributed by atoms with E-state index in [1.54, 1.807) is 6.33 Å². The van der Waals surface area contributed by atoms with Crippen LogP contribution < -0.4 is 11.1 Å². The number of nitrogens with two attached hydrogens (primary N) is 1. The zero-order valence-electron chi connectivity index (χ0n) is 7.73. The SMILES string of the molecule is Nc1ncnc2c1[C@H]1CCNC[C@H]1S2. The van der Waals surface area contributed by atoms with Gasteiger partial charge in [0.2, 0.25) is 0 Å². The number of hydrogen-bond donors (Lipinski definition) is 2. The van der Waals surface area contributed by atoms with Crippen molar-refractivity contribution >= 4 is 17.6 Å². The molecule has 0 aliphatic carbocycles. The zero-order chi connectivity index (χ0) is 9.54. The summed E-state index contributed by atoms with van der Waals surface area (Å²) in [6.07, 6.45) is 2.72. The lowest BCUT2D eigenvalue weighted by atomic mass is 9.91. The van der Waals surface area contributed by atoms with E-state index in [-0.39, 0.29) is 0 Å². The van der Waals surface area contributed by atoms with E-state index in [1.165, 1.54) is 5.56 Å². The molecule has 5 heteroatoms. The van der Waals surface area contributed by atoms with E-state index >= 15 is 0 Å². The summed E-state index contributed by atoms with van der Waals surface area (Å²) in [6.45, 7) is 2.14. The molecule has 2 aliphatic rings. The van der Waals surface area contributed by atoms with E-state index in [2.05, 4.69) is 15.3 Å². The Bertz CT molecular complexity index is 368. The van der Waals surface area contributed by atoms with Gasteiger partial charge in [-0.2, -0.15) is 0 Å². The van der Waals surface area contributed by atoms with Gasteiger partial charge in [-0.3, -0.25) is 0 Å². The van der Waals surface area contributed by atoms with E-state index in [0.29, 0.717) is 17.0 Å². The van der Waals surface area contributed by atoms with Crippen LogP contribution in [-0.4, -0.2) is 28.3 Å². The van der Waals surface area contributed by atoms with Crippen LogP contribution in [0.5, 0.6) is 0 Å². The lowest BCUT2D eigenvalue weighted by molar-refractivity contribution is 0.476. The molecule has 0 spiro atoms. The summed E-state index contributed by atoms with van der Waals surface area (Å²) in [7, 11) is 0. The number of nitrogen functional groups attached to an aromatic ring is 1. The van der Waals surface area contributed by atoms with Crippen molar-refractivity contribution < 1.29 is 0 Å². The first-order valence-electron chi connectivity index (χ1n) is 4.84. The second-order valence-corrected chi connectivity index (χ2v) is 4.96. The molecule has 2 atom stereocenters. The van der Waals surface area contributed by atoms with Gasteiger partial charge in [0.25, 0.3) is 0 Å². The quantitative estimate of drug-likeness (QED) is 0.612. The highest BCUT2D eigenvalue weighted by Crippen LogP contribution is 2.48. The Morgan fingerprint density at radius 3 is 3.36 bits per heavy atom. The van der Waals surface area contributed by atoms with Crippen molar-refractivity contribution in [1.82, 2.24) is 15.3 Å². The number of anilines is 1. The summed E-state index contributed by atoms with van der Waals surface area (Å²) >= 11 is 1.84. The molecule has 1 saturated heterocycles. The number of fused-ring (bicyclic) bond motifs is 3. The van der Waals surface area contributed by atoms with Gasteiger partial charge in [0.05, 0.1) is 0 Å². The predicted octanol–water partition coefficient (Wildman–Crippen LogP) is 0.610. The van der Waals surface area contributed by atoms with Gasteiger partial charge in [-0.15, -0.1) is 11.8 Å². The van der Waals surface area contributed by atoms with Crippen LogP contribution in [0.15, 0.2) is 11.4 Å². The monoisotopic (exact) mass is 208 g/mol. The maximum Gasteiger partial charge on any atom is 0.131 e. The Kier molecular flexibility index (Phi) is 1.88. The summed E-state index contributed by atoms with van der Waals surface area (Å²) < 4.78 is 0. The first-order chi connectivity index (χ1) is 6.86. The molecule has 3 N–H and O–H groups in total. The molecule has 0 unspecified atom stereocenters. The average molecular weight is 208 g/mol. The highest BCUT2D eigenvalue weighted by atomic mass is 32.2. The molecule has 14 heavy (non-hydrogen) atoms. The highest BCUT2D eigenvalue weighted by molar-refractivity contribution is 8.00. The second-order valence-electron chi connectivity index (χ2n) is 3.73. The van der Waals surface area contributed by atoms with Crippen LogP contribution in [0.1, 0.15) is 17.9 Å². The number of nitrogens with one attached hydrogen (secondary N) is 1. The van der Waals surface area contributed by atoms with E-state index in [0.717, 1.165) is 24.5 Å². The topological polar surface area (TPSA) is 63.8 Å². The fourth-order valence-electron chi connectivity index (χ4n) is 2.26. The van der Waals surface area contributed by atoms with Crippen LogP contribution in [-0.2, 0) is 0 Å². The second kappa shape index (κ2) is 3.10. The smallest absolute Gasteiger partial charge is 0.131 e. The highest BCUT2D eigenvalue weighted by Gasteiger charge is 2.37. The van der Waals surface area contributed by atoms with Crippen molar-refractivity contribution in [3.05, 3.63) is 11.9 Å². The number of thioether (sulfide) groups is 1. The number of nitrogens with zero attached hydrogens (tertiary/aromatic N) is 2. The molecule has 2 aliphatic heterocycles. The van der Waals surface area contributed by atoms with Crippen molar-refractivity contribution in [2.24, 2.45) is 0 Å². The Hall–Kier alpha value is -0.810. The van der Waals surface area contributed by atoms with Crippen molar-refractivity contribution in [1.29, 1.82) is 0 Å². The summed E-state index contributed by atoms with van der Waals surface area (Å²) in [5, 5.41) is 5.10. The molecule has 0 saturated carbocycles. The van der Waals surface area contributed by atoms with E-state index in [4.69, 9.17) is 5.73 Å². The fraction of sp³-hybridized carbons (Fsp3) is 0.556. The van der Waals surface area contributed by atoms with Crippen LogP contribution in [0.3, 0.4) is 0 Å². The minimum absolute atomic E-state index is 0.567. The zero-order valence-corrected chi connectivity index (χ0v) is 8.55. The van der Waals surface area contributed by atoms with E-state index in [1.807, 2.05) is 11.8 Å². The Balaban J connectivity index is 2.06. The minimum Gasteiger partial charge on any atom is -0.383 e. The first-order valence-corrected chi connectivity index (χ1v) is 5.72. The largest absolute Gasteiger partial charge is 0.383 e. The molecule has 0 radical (unpaired) electrons. The molecule has 1 fully saturated rings. The summed E-state index contributed by atoms with van der Waals surface area (Å²) in [5.41, 5.74) is 7.09. The Morgan fingerprint density at radius 1 is 1.50 bits per heavy atom. The summed E-state index contributed by atoms with van der Waals surface area (Å²) in [5.74, 6) is 1.24. The van der Waals surface area contributed by atoms with Crippen molar-refractivity contribution in [2.75, 3.05) is 18.8 Å². The van der Waals surface area contributed by atoms with Gasteiger partial charge >= 0.3 is 0 Å². The molecule has 3 heterocycles. The molecule has 0 bridgehead atoms. The molecule has 0 aromatic carbocycles. The average Bonchev–Trinajstić information content (AvgIpc) is 2.57. The van der Waals surface area contributed by atoms with Gasteiger partial charge in [-0.05, 0) is 13.0 Å². The number of hydrogen-bond acceptors (Lipinski definition) is 5. The third kappa shape index (κ3) is 1.12. The Morgan fingerprint density at radius 2 is 2.43 bits per heavy atom. The lowest BCUT2D eigenvalue weighted by Crippen LogP contribution is -2.35. The third-order valence-corrected chi connectivity index (χ3v) is 4.28. The van der Waals surface area contributed by atoms with Crippen LogP contribution in [0.4, 0.5) is 5.82 Å². The maximum atomic E-state index is 5.89. The summed E-state index contributed by atoms with van der Waals surface area (Å²) in [4.78, 5) is 8.36. The number of rotatable bonds is 0. The standard InChI is InChI=1S/C9H12N4S/c10-8-7-5-1-2-11-3-6(5)14-9(7)13-4-12-8/h4-6,11H,1-3H2,(H2,10,12,13)/t5-,6+/m0/s1. The first kappa shape index (κ1) is 8.49. The summed E-state index contributed by atoms with van der Waals surface area (Å²) in [6, 6.07) is 0. The van der Waals surface area contributed by atoms with E-state index < -0.39 is 0 Å². The van der Waals surface area contributed by atoms with Crippen molar-refractivity contribution in [3.8, 4) is 0 Å². The molecule has 4 nitrogen and oxygen atoms in total. The third-order valence-electron chi connectivity index (χ3n) is 2.94. The van der Waals surface area contributed by atoms with E-state index in [9.17, 15) is 0 Å². The van der Waals surface area contributed by atoms with Crippen molar-refractivity contribution in [3.63, 3.8) is 0 Å². The van der Waals surface area contributed by atoms with Crippen LogP contribution >= 0.6 is 11.8 Å². The molecule has 3 rings (SSSR count). The molecular weight excluding hydrogens is 196 g/mol. The number of piperidine rings is 1.